The summed E-state index contributed by atoms with van der Waals surface area (Å²) in [7, 11) is 0. The quantitative estimate of drug-likeness (QED) is 0.912. The summed E-state index contributed by atoms with van der Waals surface area (Å²) in [6.07, 6.45) is -0.942. The highest BCUT2D eigenvalue weighted by atomic mass is 35.5. The van der Waals surface area contributed by atoms with Gasteiger partial charge in [-0.2, -0.15) is 0 Å². The third kappa shape index (κ3) is 2.95. The number of halogens is 2. The summed E-state index contributed by atoms with van der Waals surface area (Å²) in [5.74, 6) is -1.11. The van der Waals surface area contributed by atoms with E-state index in [-0.39, 0.29) is 11.6 Å². The second kappa shape index (κ2) is 5.96. The van der Waals surface area contributed by atoms with Crippen molar-refractivity contribution in [1.29, 1.82) is 0 Å². The standard InChI is InChI=1S/C13H14ClFN2OS/c1-7-17-11(6-19-7)13(18)9(5-16)8-3-2-4-10(14)12(8)15/h2-4,6,9,13,18H,5,16H2,1H3. The summed E-state index contributed by atoms with van der Waals surface area (Å²) in [4.78, 5) is 4.21. The first-order valence-corrected chi connectivity index (χ1v) is 7.04. The zero-order valence-corrected chi connectivity index (χ0v) is 11.9. The minimum Gasteiger partial charge on any atom is -0.386 e. The molecule has 3 nitrogen and oxygen atoms in total. The van der Waals surface area contributed by atoms with E-state index in [1.807, 2.05) is 6.92 Å². The van der Waals surface area contributed by atoms with E-state index in [0.29, 0.717) is 11.3 Å². The van der Waals surface area contributed by atoms with E-state index < -0.39 is 17.8 Å². The maximum absolute atomic E-state index is 14.0. The van der Waals surface area contributed by atoms with Crippen LogP contribution in [0, 0.1) is 12.7 Å². The zero-order valence-electron chi connectivity index (χ0n) is 10.3. The number of aromatic nitrogens is 1. The summed E-state index contributed by atoms with van der Waals surface area (Å²) >= 11 is 7.19. The Bertz CT molecular complexity index is 576. The first-order valence-electron chi connectivity index (χ1n) is 5.78. The van der Waals surface area contributed by atoms with Gasteiger partial charge in [0.1, 0.15) is 11.9 Å². The Balaban J connectivity index is 2.36. The molecule has 2 unspecified atom stereocenters. The van der Waals surface area contributed by atoms with E-state index in [9.17, 15) is 9.50 Å². The molecule has 0 radical (unpaired) electrons. The van der Waals surface area contributed by atoms with Crippen molar-refractivity contribution in [3.8, 4) is 0 Å². The van der Waals surface area contributed by atoms with Gasteiger partial charge in [-0.05, 0) is 18.6 Å². The number of aryl methyl sites for hydroxylation is 1. The van der Waals surface area contributed by atoms with Crippen LogP contribution < -0.4 is 5.73 Å². The number of hydrogen-bond donors (Lipinski definition) is 2. The summed E-state index contributed by atoms with van der Waals surface area (Å²) in [5, 5.41) is 12.9. The van der Waals surface area contributed by atoms with E-state index >= 15 is 0 Å². The van der Waals surface area contributed by atoms with Crippen LogP contribution in [-0.2, 0) is 0 Å². The molecule has 0 fully saturated rings. The maximum Gasteiger partial charge on any atom is 0.145 e. The van der Waals surface area contributed by atoms with Crippen LogP contribution in [0.5, 0.6) is 0 Å². The molecule has 0 bridgehead atoms. The molecule has 0 saturated carbocycles. The summed E-state index contributed by atoms with van der Waals surface area (Å²) in [6, 6.07) is 4.69. The first kappa shape index (κ1) is 14.4. The number of hydrogen-bond acceptors (Lipinski definition) is 4. The van der Waals surface area contributed by atoms with E-state index in [1.165, 1.54) is 17.4 Å². The number of nitrogens with two attached hydrogens (primary N) is 1. The molecule has 0 spiro atoms. The molecule has 1 aromatic heterocycles. The molecule has 2 aromatic rings. The lowest BCUT2D eigenvalue weighted by Gasteiger charge is -2.21. The largest absolute Gasteiger partial charge is 0.386 e. The molecule has 1 heterocycles. The SMILES string of the molecule is Cc1nc(C(O)C(CN)c2cccc(Cl)c2F)cs1. The van der Waals surface area contributed by atoms with Crippen molar-refractivity contribution in [1.82, 2.24) is 4.98 Å². The van der Waals surface area contributed by atoms with E-state index in [4.69, 9.17) is 17.3 Å². The predicted octanol–water partition coefficient (Wildman–Crippen LogP) is 3.02. The van der Waals surface area contributed by atoms with Gasteiger partial charge in [0, 0.05) is 17.8 Å². The van der Waals surface area contributed by atoms with Gasteiger partial charge in [-0.1, -0.05) is 23.7 Å². The van der Waals surface area contributed by atoms with Crippen LogP contribution in [-0.4, -0.2) is 16.6 Å². The van der Waals surface area contributed by atoms with Crippen LogP contribution in [0.3, 0.4) is 0 Å². The van der Waals surface area contributed by atoms with Gasteiger partial charge in [-0.3, -0.25) is 0 Å². The van der Waals surface area contributed by atoms with Crippen LogP contribution in [0.25, 0.3) is 0 Å². The van der Waals surface area contributed by atoms with E-state index in [2.05, 4.69) is 4.98 Å². The molecule has 0 amide bonds. The van der Waals surface area contributed by atoms with Crippen molar-refractivity contribution in [3.63, 3.8) is 0 Å². The Labute approximate surface area is 119 Å². The lowest BCUT2D eigenvalue weighted by atomic mass is 9.91. The van der Waals surface area contributed by atoms with Crippen molar-refractivity contribution < 1.29 is 9.50 Å². The smallest absolute Gasteiger partial charge is 0.145 e. The molecule has 0 aliphatic carbocycles. The number of aliphatic hydroxyl groups excluding tert-OH is 1. The maximum atomic E-state index is 14.0. The zero-order chi connectivity index (χ0) is 14.0. The fourth-order valence-electron chi connectivity index (χ4n) is 1.95. The molecule has 2 atom stereocenters. The normalized spacial score (nSPS) is 14.4. The Morgan fingerprint density at radius 3 is 2.84 bits per heavy atom. The van der Waals surface area contributed by atoms with Crippen molar-refractivity contribution in [2.75, 3.05) is 6.54 Å². The van der Waals surface area contributed by atoms with Gasteiger partial charge in [0.05, 0.1) is 15.7 Å². The third-order valence-electron chi connectivity index (χ3n) is 2.96. The minimum absolute atomic E-state index is 0.0256. The number of rotatable bonds is 4. The van der Waals surface area contributed by atoms with Gasteiger partial charge in [0.2, 0.25) is 0 Å². The van der Waals surface area contributed by atoms with Gasteiger partial charge < -0.3 is 10.8 Å². The molecule has 19 heavy (non-hydrogen) atoms. The highest BCUT2D eigenvalue weighted by molar-refractivity contribution is 7.09. The Morgan fingerprint density at radius 1 is 1.53 bits per heavy atom. The van der Waals surface area contributed by atoms with Crippen LogP contribution in [0.4, 0.5) is 4.39 Å². The number of aliphatic hydroxyl groups is 1. The van der Waals surface area contributed by atoms with Crippen LogP contribution in [0.1, 0.15) is 28.3 Å². The monoisotopic (exact) mass is 300 g/mol. The summed E-state index contributed by atoms with van der Waals surface area (Å²) in [6.45, 7) is 1.95. The third-order valence-corrected chi connectivity index (χ3v) is 4.04. The molecular formula is C13H14ClFN2OS. The van der Waals surface area contributed by atoms with Gasteiger partial charge in [-0.25, -0.2) is 9.37 Å². The Hall–Kier alpha value is -1.01. The van der Waals surface area contributed by atoms with Crippen LogP contribution in [0.2, 0.25) is 5.02 Å². The van der Waals surface area contributed by atoms with Crippen LogP contribution >= 0.6 is 22.9 Å². The van der Waals surface area contributed by atoms with Crippen molar-refractivity contribution >= 4 is 22.9 Å². The Morgan fingerprint density at radius 2 is 2.26 bits per heavy atom. The number of nitrogens with zero attached hydrogens (tertiary/aromatic N) is 1. The molecule has 0 saturated heterocycles. The lowest BCUT2D eigenvalue weighted by Crippen LogP contribution is -2.21. The molecular weight excluding hydrogens is 287 g/mol. The average Bonchev–Trinajstić information content (AvgIpc) is 2.82. The molecule has 102 valence electrons. The first-order chi connectivity index (χ1) is 9.04. The topological polar surface area (TPSA) is 59.1 Å². The molecule has 0 aliphatic heterocycles. The van der Waals surface area contributed by atoms with Gasteiger partial charge in [-0.15, -0.1) is 11.3 Å². The predicted molar refractivity (Wildman–Crippen MR) is 75.0 cm³/mol. The van der Waals surface area contributed by atoms with Gasteiger partial charge >= 0.3 is 0 Å². The minimum atomic E-state index is -0.942. The van der Waals surface area contributed by atoms with E-state index in [1.54, 1.807) is 17.5 Å². The molecule has 1 aromatic carbocycles. The second-order valence-corrected chi connectivity index (χ2v) is 5.69. The number of benzene rings is 1. The highest BCUT2D eigenvalue weighted by Gasteiger charge is 2.26. The molecule has 0 aliphatic rings. The van der Waals surface area contributed by atoms with Gasteiger partial charge in [0.25, 0.3) is 0 Å². The number of thiazole rings is 1. The Kier molecular flexibility index (Phi) is 4.52. The van der Waals surface area contributed by atoms with Crippen molar-refractivity contribution in [2.45, 2.75) is 18.9 Å². The van der Waals surface area contributed by atoms with Crippen molar-refractivity contribution in [2.24, 2.45) is 5.73 Å². The fourth-order valence-corrected chi connectivity index (χ4v) is 2.78. The van der Waals surface area contributed by atoms with Crippen molar-refractivity contribution in [3.05, 3.63) is 50.7 Å². The molecule has 3 N–H and O–H groups in total. The van der Waals surface area contributed by atoms with E-state index in [0.717, 1.165) is 5.01 Å². The molecule has 2 rings (SSSR count). The van der Waals surface area contributed by atoms with Crippen LogP contribution in [0.15, 0.2) is 23.6 Å². The average molecular weight is 301 g/mol. The lowest BCUT2D eigenvalue weighted by molar-refractivity contribution is 0.142. The second-order valence-electron chi connectivity index (χ2n) is 4.22. The van der Waals surface area contributed by atoms with Gasteiger partial charge in [0.15, 0.2) is 0 Å². The summed E-state index contributed by atoms with van der Waals surface area (Å²) in [5.41, 5.74) is 6.50. The molecule has 6 heteroatoms. The highest BCUT2D eigenvalue weighted by Crippen LogP contribution is 2.33. The fraction of sp³-hybridized carbons (Fsp3) is 0.308. The summed E-state index contributed by atoms with van der Waals surface area (Å²) < 4.78 is 14.0.